The highest BCUT2D eigenvalue weighted by Gasteiger charge is 2.11. The van der Waals surface area contributed by atoms with Crippen molar-refractivity contribution in [3.8, 4) is 0 Å². The summed E-state index contributed by atoms with van der Waals surface area (Å²) in [5, 5.41) is 10.5. The largest absolute Gasteiger partial charge is 0.309 e. The van der Waals surface area contributed by atoms with Crippen LogP contribution >= 0.6 is 0 Å². The highest BCUT2D eigenvalue weighted by Crippen LogP contribution is 2.01. The van der Waals surface area contributed by atoms with Crippen LogP contribution in [0.3, 0.4) is 0 Å². The average molecular weight is 112 g/mol. The lowest BCUT2D eigenvalue weighted by atomic mass is 10.0. The molecule has 1 aliphatic heterocycles. The monoisotopic (exact) mass is 112 g/mol. The molecule has 0 radical (unpaired) electrons. The second-order valence-electron chi connectivity index (χ2n) is 2.30. The summed E-state index contributed by atoms with van der Waals surface area (Å²) in [4.78, 5) is 0. The average Bonchev–Trinajstić information content (AvgIpc) is 1.77. The Balaban J connectivity index is 2.39. The smallest absolute Gasteiger partial charge is 0.0419 e. The van der Waals surface area contributed by atoms with E-state index in [4.69, 9.17) is 5.41 Å². The lowest BCUT2D eigenvalue weighted by molar-refractivity contribution is 0.582. The Hall–Kier alpha value is -0.370. The normalized spacial score (nSPS) is 30.6. The number of hydrogen-bond acceptors (Lipinski definition) is 2. The van der Waals surface area contributed by atoms with Gasteiger partial charge in [-0.15, -0.1) is 0 Å². The van der Waals surface area contributed by atoms with Crippen molar-refractivity contribution in [3.63, 3.8) is 0 Å². The Labute approximate surface area is 49.8 Å². The summed E-state index contributed by atoms with van der Waals surface area (Å²) in [6.45, 7) is 3.13. The third-order valence-electron chi connectivity index (χ3n) is 1.60. The molecule has 1 atom stereocenters. The minimum atomic E-state index is 0.337. The van der Waals surface area contributed by atoms with Gasteiger partial charge in [-0.05, 0) is 26.3 Å². The molecule has 2 heteroatoms. The van der Waals surface area contributed by atoms with Gasteiger partial charge in [0.25, 0.3) is 0 Å². The molecule has 0 spiro atoms. The molecule has 0 aromatic rings. The van der Waals surface area contributed by atoms with E-state index in [0.717, 1.165) is 25.1 Å². The van der Waals surface area contributed by atoms with E-state index in [9.17, 15) is 0 Å². The van der Waals surface area contributed by atoms with E-state index in [1.54, 1.807) is 0 Å². The lowest BCUT2D eigenvalue weighted by Crippen LogP contribution is -2.38. The summed E-state index contributed by atoms with van der Waals surface area (Å²) in [5.41, 5.74) is 0.858. The van der Waals surface area contributed by atoms with Crippen LogP contribution in [0, 0.1) is 5.41 Å². The standard InChI is InChI=1S/C6H12N2/c1-5-6(7)3-2-4-8-5/h5,7-8H,2-4H2,1H3. The Kier molecular flexibility index (Phi) is 1.63. The third-order valence-corrected chi connectivity index (χ3v) is 1.60. The molecule has 1 fully saturated rings. The maximum Gasteiger partial charge on any atom is 0.0419 e. The first kappa shape index (κ1) is 5.76. The van der Waals surface area contributed by atoms with Crippen LogP contribution in [0.5, 0.6) is 0 Å². The number of piperidine rings is 1. The van der Waals surface area contributed by atoms with E-state index in [1.807, 2.05) is 6.92 Å². The van der Waals surface area contributed by atoms with Crippen molar-refractivity contribution in [1.82, 2.24) is 5.32 Å². The number of nitrogens with one attached hydrogen (secondary N) is 2. The van der Waals surface area contributed by atoms with Gasteiger partial charge < -0.3 is 10.7 Å². The summed E-state index contributed by atoms with van der Waals surface area (Å²) in [6.07, 6.45) is 2.14. The Morgan fingerprint density at radius 1 is 1.75 bits per heavy atom. The summed E-state index contributed by atoms with van der Waals surface area (Å²) < 4.78 is 0. The molecule has 0 aliphatic carbocycles. The number of hydrogen-bond donors (Lipinski definition) is 2. The molecule has 0 aromatic carbocycles. The van der Waals surface area contributed by atoms with Crippen LogP contribution in [0.15, 0.2) is 0 Å². The summed E-state index contributed by atoms with van der Waals surface area (Å²) in [5.74, 6) is 0. The molecular weight excluding hydrogens is 100 g/mol. The lowest BCUT2D eigenvalue weighted by Gasteiger charge is -2.19. The van der Waals surface area contributed by atoms with Crippen molar-refractivity contribution >= 4 is 5.71 Å². The molecule has 0 bridgehead atoms. The second kappa shape index (κ2) is 2.27. The predicted octanol–water partition coefficient (Wildman–Crippen LogP) is 0.778. The molecule has 2 N–H and O–H groups in total. The van der Waals surface area contributed by atoms with Crippen molar-refractivity contribution < 1.29 is 0 Å². The fourth-order valence-corrected chi connectivity index (χ4v) is 0.937. The predicted molar refractivity (Wildman–Crippen MR) is 34.4 cm³/mol. The first-order valence-electron chi connectivity index (χ1n) is 3.11. The highest BCUT2D eigenvalue weighted by molar-refractivity contribution is 5.86. The van der Waals surface area contributed by atoms with Crippen LogP contribution in [0.1, 0.15) is 19.8 Å². The molecule has 0 saturated carbocycles. The molecule has 46 valence electrons. The van der Waals surface area contributed by atoms with Gasteiger partial charge in [-0.25, -0.2) is 0 Å². The molecule has 1 aliphatic rings. The van der Waals surface area contributed by atoms with Gasteiger partial charge in [0.05, 0.1) is 0 Å². The molecule has 1 unspecified atom stereocenters. The molecule has 1 heterocycles. The molecular formula is C6H12N2. The zero-order chi connectivity index (χ0) is 5.98. The van der Waals surface area contributed by atoms with Gasteiger partial charge >= 0.3 is 0 Å². The highest BCUT2D eigenvalue weighted by atomic mass is 14.9. The first-order valence-corrected chi connectivity index (χ1v) is 3.11. The zero-order valence-corrected chi connectivity index (χ0v) is 5.20. The van der Waals surface area contributed by atoms with Gasteiger partial charge in [0.15, 0.2) is 0 Å². The van der Waals surface area contributed by atoms with Gasteiger partial charge in [-0.1, -0.05) is 0 Å². The van der Waals surface area contributed by atoms with Crippen molar-refractivity contribution in [2.24, 2.45) is 0 Å². The van der Waals surface area contributed by atoms with Gasteiger partial charge in [0.1, 0.15) is 0 Å². The molecule has 1 rings (SSSR count). The summed E-state index contributed by atoms with van der Waals surface area (Å²) in [6, 6.07) is 0.337. The van der Waals surface area contributed by atoms with Gasteiger partial charge in [0.2, 0.25) is 0 Å². The minimum Gasteiger partial charge on any atom is -0.309 e. The Bertz CT molecular complexity index is 98.7. The first-order chi connectivity index (χ1) is 3.80. The van der Waals surface area contributed by atoms with E-state index in [1.165, 1.54) is 0 Å². The van der Waals surface area contributed by atoms with E-state index >= 15 is 0 Å². The van der Waals surface area contributed by atoms with Crippen molar-refractivity contribution in [3.05, 3.63) is 0 Å². The van der Waals surface area contributed by atoms with Crippen LogP contribution < -0.4 is 5.32 Å². The van der Waals surface area contributed by atoms with Gasteiger partial charge in [-0.3, -0.25) is 0 Å². The molecule has 0 amide bonds. The van der Waals surface area contributed by atoms with Crippen LogP contribution in [0.4, 0.5) is 0 Å². The maximum absolute atomic E-state index is 7.33. The summed E-state index contributed by atoms with van der Waals surface area (Å²) >= 11 is 0. The molecule has 0 aromatic heterocycles. The van der Waals surface area contributed by atoms with Gasteiger partial charge in [-0.2, -0.15) is 0 Å². The maximum atomic E-state index is 7.33. The van der Waals surface area contributed by atoms with Crippen LogP contribution in [-0.2, 0) is 0 Å². The quantitative estimate of drug-likeness (QED) is 0.477. The fourth-order valence-electron chi connectivity index (χ4n) is 0.937. The Morgan fingerprint density at radius 3 is 2.88 bits per heavy atom. The third kappa shape index (κ3) is 1.07. The zero-order valence-electron chi connectivity index (χ0n) is 5.20. The van der Waals surface area contributed by atoms with E-state index in [-0.39, 0.29) is 0 Å². The van der Waals surface area contributed by atoms with Crippen LogP contribution in [-0.4, -0.2) is 18.3 Å². The van der Waals surface area contributed by atoms with E-state index in [2.05, 4.69) is 5.32 Å². The molecule has 1 saturated heterocycles. The molecule has 2 nitrogen and oxygen atoms in total. The second-order valence-corrected chi connectivity index (χ2v) is 2.30. The van der Waals surface area contributed by atoms with Crippen LogP contribution in [0.2, 0.25) is 0 Å². The van der Waals surface area contributed by atoms with Gasteiger partial charge in [0, 0.05) is 11.8 Å². The van der Waals surface area contributed by atoms with Crippen molar-refractivity contribution in [1.29, 1.82) is 5.41 Å². The van der Waals surface area contributed by atoms with Crippen LogP contribution in [0.25, 0.3) is 0 Å². The SMILES string of the molecule is CC1NCCCC1=N. The molecule has 8 heavy (non-hydrogen) atoms. The topological polar surface area (TPSA) is 35.9 Å². The van der Waals surface area contributed by atoms with E-state index < -0.39 is 0 Å². The van der Waals surface area contributed by atoms with Crippen molar-refractivity contribution in [2.45, 2.75) is 25.8 Å². The fraction of sp³-hybridized carbons (Fsp3) is 0.833. The summed E-state index contributed by atoms with van der Waals surface area (Å²) in [7, 11) is 0. The Morgan fingerprint density at radius 2 is 2.50 bits per heavy atom. The van der Waals surface area contributed by atoms with Crippen molar-refractivity contribution in [2.75, 3.05) is 6.54 Å². The van der Waals surface area contributed by atoms with E-state index in [0.29, 0.717) is 6.04 Å². The minimum absolute atomic E-state index is 0.337. The number of rotatable bonds is 0.